The number of likely N-dealkylation sites (tertiary alicyclic amines) is 1. The Bertz CT molecular complexity index is 413. The molecule has 2 atom stereocenters. The number of aliphatic hydroxyl groups is 1. The summed E-state index contributed by atoms with van der Waals surface area (Å²) in [6.45, 7) is 6.57. The van der Waals surface area contributed by atoms with Gasteiger partial charge in [-0.25, -0.2) is 0 Å². The summed E-state index contributed by atoms with van der Waals surface area (Å²) >= 11 is 6.31. The van der Waals surface area contributed by atoms with Crippen LogP contribution in [0.4, 0.5) is 0 Å². The molecule has 1 aliphatic heterocycles. The summed E-state index contributed by atoms with van der Waals surface area (Å²) in [6, 6.07) is 8.39. The van der Waals surface area contributed by atoms with Crippen molar-refractivity contribution in [3.63, 3.8) is 0 Å². The first-order valence-corrected chi connectivity index (χ1v) is 7.93. The van der Waals surface area contributed by atoms with Crippen molar-refractivity contribution in [2.75, 3.05) is 32.8 Å². The van der Waals surface area contributed by atoms with E-state index >= 15 is 0 Å². The fourth-order valence-corrected chi connectivity index (χ4v) is 3.22. The van der Waals surface area contributed by atoms with Gasteiger partial charge in [-0.2, -0.15) is 0 Å². The number of benzene rings is 1. The smallest absolute Gasteiger partial charge is 0.0471 e. The Balaban J connectivity index is 1.92. The molecule has 1 heterocycles. The highest BCUT2D eigenvalue weighted by atomic mass is 35.5. The van der Waals surface area contributed by atoms with Gasteiger partial charge in [-0.3, -0.25) is 0 Å². The predicted octanol–water partition coefficient (Wildman–Crippen LogP) is 2.69. The molecule has 0 radical (unpaired) electrons. The highest BCUT2D eigenvalue weighted by molar-refractivity contribution is 6.31. The van der Waals surface area contributed by atoms with Gasteiger partial charge in [-0.05, 0) is 50.0 Å². The Morgan fingerprint density at radius 1 is 1.45 bits per heavy atom. The molecule has 0 saturated carbocycles. The summed E-state index contributed by atoms with van der Waals surface area (Å²) < 4.78 is 0. The van der Waals surface area contributed by atoms with Crippen molar-refractivity contribution in [2.45, 2.75) is 25.8 Å². The van der Waals surface area contributed by atoms with E-state index in [1.165, 1.54) is 5.56 Å². The number of nitrogens with zero attached hydrogens (tertiary/aromatic N) is 1. The molecule has 2 rings (SSSR count). The Labute approximate surface area is 126 Å². The summed E-state index contributed by atoms with van der Waals surface area (Å²) in [5.41, 5.74) is 1.19. The van der Waals surface area contributed by atoms with E-state index in [-0.39, 0.29) is 0 Å². The molecule has 1 aromatic carbocycles. The van der Waals surface area contributed by atoms with Gasteiger partial charge in [0.25, 0.3) is 0 Å². The van der Waals surface area contributed by atoms with Crippen LogP contribution in [0.3, 0.4) is 0 Å². The maximum atomic E-state index is 9.20. The van der Waals surface area contributed by atoms with Gasteiger partial charge in [-0.15, -0.1) is 0 Å². The summed E-state index contributed by atoms with van der Waals surface area (Å²) in [7, 11) is 0. The summed E-state index contributed by atoms with van der Waals surface area (Å²) in [6.07, 6.45) is 2.17. The molecule has 4 heteroatoms. The van der Waals surface area contributed by atoms with E-state index in [4.69, 9.17) is 11.6 Å². The van der Waals surface area contributed by atoms with Gasteiger partial charge in [0.15, 0.2) is 0 Å². The number of hydrogen-bond acceptors (Lipinski definition) is 3. The molecule has 0 bridgehead atoms. The van der Waals surface area contributed by atoms with Gasteiger partial charge in [-0.1, -0.05) is 36.7 Å². The average Bonchev–Trinajstić information content (AvgIpc) is 2.92. The van der Waals surface area contributed by atoms with Crippen molar-refractivity contribution in [2.24, 2.45) is 5.92 Å². The van der Waals surface area contributed by atoms with E-state index in [2.05, 4.69) is 23.2 Å². The second-order valence-electron chi connectivity index (χ2n) is 5.56. The van der Waals surface area contributed by atoms with Gasteiger partial charge >= 0.3 is 0 Å². The fourth-order valence-electron chi connectivity index (χ4n) is 2.95. The lowest BCUT2D eigenvalue weighted by Crippen LogP contribution is -2.28. The van der Waals surface area contributed by atoms with Crippen LogP contribution in [-0.2, 0) is 0 Å². The minimum Gasteiger partial charge on any atom is -0.396 e. The summed E-state index contributed by atoms with van der Waals surface area (Å²) in [5.74, 6) is 0.466. The van der Waals surface area contributed by atoms with Crippen molar-refractivity contribution in [3.05, 3.63) is 34.9 Å². The van der Waals surface area contributed by atoms with Crippen LogP contribution in [0.15, 0.2) is 24.3 Å². The number of rotatable bonds is 7. The average molecular weight is 297 g/mol. The van der Waals surface area contributed by atoms with Crippen molar-refractivity contribution in [3.8, 4) is 0 Å². The predicted molar refractivity (Wildman–Crippen MR) is 84.1 cm³/mol. The van der Waals surface area contributed by atoms with Crippen molar-refractivity contribution < 1.29 is 5.11 Å². The van der Waals surface area contributed by atoms with E-state index in [0.29, 0.717) is 18.6 Å². The molecule has 1 aliphatic rings. The van der Waals surface area contributed by atoms with E-state index in [1.54, 1.807) is 0 Å². The molecule has 1 saturated heterocycles. The monoisotopic (exact) mass is 296 g/mol. The van der Waals surface area contributed by atoms with Crippen molar-refractivity contribution in [1.29, 1.82) is 0 Å². The lowest BCUT2D eigenvalue weighted by Gasteiger charge is -2.23. The number of nitrogens with one attached hydrogen (secondary N) is 1. The quantitative estimate of drug-likeness (QED) is 0.812. The first-order chi connectivity index (χ1) is 9.74. The lowest BCUT2D eigenvalue weighted by atomic mass is 10.0. The maximum absolute atomic E-state index is 9.20. The van der Waals surface area contributed by atoms with Gasteiger partial charge in [0.05, 0.1) is 0 Å². The van der Waals surface area contributed by atoms with Crippen LogP contribution >= 0.6 is 11.6 Å². The highest BCUT2D eigenvalue weighted by Gasteiger charge is 2.22. The van der Waals surface area contributed by atoms with Crippen LogP contribution in [0.2, 0.25) is 5.02 Å². The molecule has 0 aliphatic carbocycles. The van der Waals surface area contributed by atoms with Gasteiger partial charge in [0, 0.05) is 24.2 Å². The van der Waals surface area contributed by atoms with E-state index in [0.717, 1.165) is 44.0 Å². The molecule has 3 nitrogen and oxygen atoms in total. The Morgan fingerprint density at radius 2 is 2.25 bits per heavy atom. The molecular formula is C16H25ClN2O. The largest absolute Gasteiger partial charge is 0.396 e. The molecular weight excluding hydrogens is 272 g/mol. The van der Waals surface area contributed by atoms with E-state index in [1.807, 2.05) is 18.2 Å². The third-order valence-electron chi connectivity index (χ3n) is 4.09. The van der Waals surface area contributed by atoms with Gasteiger partial charge in [0.2, 0.25) is 0 Å². The third kappa shape index (κ3) is 4.19. The normalized spacial score (nSPS) is 21.2. The van der Waals surface area contributed by atoms with Crippen molar-refractivity contribution in [1.82, 2.24) is 10.2 Å². The number of hydrogen-bond donors (Lipinski definition) is 2. The molecule has 20 heavy (non-hydrogen) atoms. The van der Waals surface area contributed by atoms with Crippen LogP contribution in [0.25, 0.3) is 0 Å². The van der Waals surface area contributed by atoms with Gasteiger partial charge < -0.3 is 15.3 Å². The SMILES string of the molecule is CCNC(CCN1CCC(CO)C1)c1ccccc1Cl. The second-order valence-corrected chi connectivity index (χ2v) is 5.97. The number of halogens is 1. The third-order valence-corrected chi connectivity index (χ3v) is 4.44. The number of aliphatic hydroxyl groups excluding tert-OH is 1. The highest BCUT2D eigenvalue weighted by Crippen LogP contribution is 2.26. The first kappa shape index (κ1) is 15.8. The van der Waals surface area contributed by atoms with Gasteiger partial charge in [0.1, 0.15) is 0 Å². The standard InChI is InChI=1S/C16H25ClN2O/c1-2-18-16(14-5-3-4-6-15(14)17)8-10-19-9-7-13(11-19)12-20/h3-6,13,16,18,20H,2,7-12H2,1H3. The van der Waals surface area contributed by atoms with Crippen molar-refractivity contribution >= 4 is 11.6 Å². The Hall–Kier alpha value is -0.610. The Kier molecular flexibility index (Phi) is 6.30. The maximum Gasteiger partial charge on any atom is 0.0471 e. The molecule has 0 aromatic heterocycles. The molecule has 0 spiro atoms. The fraction of sp³-hybridized carbons (Fsp3) is 0.625. The topological polar surface area (TPSA) is 35.5 Å². The van der Waals surface area contributed by atoms with Crippen LogP contribution in [0.1, 0.15) is 31.4 Å². The first-order valence-electron chi connectivity index (χ1n) is 7.55. The van der Waals surface area contributed by atoms with Crippen LogP contribution in [0.5, 0.6) is 0 Å². The molecule has 0 amide bonds. The van der Waals surface area contributed by atoms with E-state index in [9.17, 15) is 5.11 Å². The zero-order valence-electron chi connectivity index (χ0n) is 12.2. The second kappa shape index (κ2) is 7.99. The zero-order chi connectivity index (χ0) is 14.4. The molecule has 1 aromatic rings. The minimum atomic E-state index is 0.307. The van der Waals surface area contributed by atoms with Crippen LogP contribution < -0.4 is 5.32 Å². The molecule has 112 valence electrons. The summed E-state index contributed by atoms with van der Waals surface area (Å²) in [5, 5.41) is 13.6. The molecule has 2 unspecified atom stereocenters. The lowest BCUT2D eigenvalue weighted by molar-refractivity contribution is 0.219. The van der Waals surface area contributed by atoms with E-state index < -0.39 is 0 Å². The zero-order valence-corrected chi connectivity index (χ0v) is 12.9. The summed E-state index contributed by atoms with van der Waals surface area (Å²) in [4.78, 5) is 2.45. The van der Waals surface area contributed by atoms with Crippen LogP contribution in [0, 0.1) is 5.92 Å². The minimum absolute atomic E-state index is 0.307. The molecule has 1 fully saturated rings. The molecule has 2 N–H and O–H groups in total. The Morgan fingerprint density at radius 3 is 2.90 bits per heavy atom. The van der Waals surface area contributed by atoms with Crippen LogP contribution in [-0.4, -0.2) is 42.8 Å².